The van der Waals surface area contributed by atoms with E-state index >= 15 is 0 Å². The van der Waals surface area contributed by atoms with Crippen LogP contribution in [-0.2, 0) is 9.53 Å². The molecule has 0 aliphatic carbocycles. The second kappa shape index (κ2) is 5.71. The van der Waals surface area contributed by atoms with Gasteiger partial charge in [0.2, 0.25) is 5.91 Å². The third-order valence-electron chi connectivity index (χ3n) is 4.27. The van der Waals surface area contributed by atoms with Crippen LogP contribution in [0.2, 0.25) is 0 Å². The lowest BCUT2D eigenvalue weighted by Gasteiger charge is -2.42. The van der Waals surface area contributed by atoms with Gasteiger partial charge in [0.15, 0.2) is 0 Å². The van der Waals surface area contributed by atoms with E-state index in [1.54, 1.807) is 7.11 Å². The minimum Gasteiger partial charge on any atom is -0.377 e. The number of hydrogen-bond donors (Lipinski definition) is 0. The number of methoxy groups -OCH3 is 1. The van der Waals surface area contributed by atoms with Gasteiger partial charge < -0.3 is 9.64 Å². The molecule has 1 aliphatic heterocycles. The van der Waals surface area contributed by atoms with Crippen LogP contribution in [0.15, 0.2) is 0 Å². The van der Waals surface area contributed by atoms with Gasteiger partial charge in [-0.25, -0.2) is 0 Å². The van der Waals surface area contributed by atoms with E-state index in [1.807, 2.05) is 25.7 Å². The smallest absolute Gasteiger partial charge is 0.243 e. The summed E-state index contributed by atoms with van der Waals surface area (Å²) >= 11 is 0. The normalized spacial score (nSPS) is 24.7. The second-order valence-corrected chi connectivity index (χ2v) is 5.39. The summed E-state index contributed by atoms with van der Waals surface area (Å²) in [4.78, 5) is 14.4. The molecule has 0 aromatic rings. The number of hydrogen-bond acceptors (Lipinski definition) is 3. The van der Waals surface area contributed by atoms with Crippen LogP contribution in [0.1, 0.15) is 46.5 Å². The van der Waals surface area contributed by atoms with Crippen molar-refractivity contribution in [3.63, 3.8) is 0 Å². The fraction of sp³-hybridized carbons (Fsp3) is 0.857. The highest BCUT2D eigenvalue weighted by molar-refractivity contribution is 5.85. The van der Waals surface area contributed by atoms with Crippen LogP contribution >= 0.6 is 0 Å². The van der Waals surface area contributed by atoms with E-state index in [-0.39, 0.29) is 11.5 Å². The Balaban J connectivity index is 2.87. The molecule has 1 aliphatic rings. The maximum Gasteiger partial charge on any atom is 0.243 e. The molecule has 102 valence electrons. The highest BCUT2D eigenvalue weighted by Gasteiger charge is 2.42. The third-order valence-corrected chi connectivity index (χ3v) is 4.27. The second-order valence-electron chi connectivity index (χ2n) is 5.39. The quantitative estimate of drug-likeness (QED) is 0.771. The molecule has 18 heavy (non-hydrogen) atoms. The lowest BCUT2D eigenvalue weighted by atomic mass is 9.81. The van der Waals surface area contributed by atoms with E-state index in [9.17, 15) is 10.1 Å². The number of likely N-dealkylation sites (tertiary alicyclic amines) is 1. The first kappa shape index (κ1) is 15.0. The Morgan fingerprint density at radius 1 is 1.50 bits per heavy atom. The summed E-state index contributed by atoms with van der Waals surface area (Å²) in [6.45, 7) is 7.17. The lowest BCUT2D eigenvalue weighted by molar-refractivity contribution is -0.147. The first-order chi connectivity index (χ1) is 8.47. The molecule has 1 atom stereocenters. The number of carbonyl (C=O) groups excluding carboxylic acids is 1. The number of nitrogens with zero attached hydrogens (tertiary/aromatic N) is 2. The van der Waals surface area contributed by atoms with Gasteiger partial charge >= 0.3 is 0 Å². The highest BCUT2D eigenvalue weighted by Crippen LogP contribution is 2.32. The van der Waals surface area contributed by atoms with Crippen molar-refractivity contribution in [2.24, 2.45) is 5.41 Å². The molecular weight excluding hydrogens is 228 g/mol. The number of ether oxygens (including phenoxy) is 1. The van der Waals surface area contributed by atoms with Crippen LogP contribution in [-0.4, -0.2) is 36.6 Å². The molecule has 1 saturated heterocycles. The molecule has 0 spiro atoms. The SMILES string of the molecule is CCC(C#N)(CC)C(=O)N1CCCC(C)(OC)C1. The average molecular weight is 252 g/mol. The van der Waals surface area contributed by atoms with Gasteiger partial charge in [-0.3, -0.25) is 4.79 Å². The average Bonchev–Trinajstić information content (AvgIpc) is 2.41. The molecule has 0 radical (unpaired) electrons. The number of piperidine rings is 1. The number of rotatable bonds is 4. The Labute approximate surface area is 110 Å². The fourth-order valence-electron chi connectivity index (χ4n) is 2.61. The van der Waals surface area contributed by atoms with Crippen molar-refractivity contribution in [1.82, 2.24) is 4.90 Å². The van der Waals surface area contributed by atoms with E-state index in [4.69, 9.17) is 4.74 Å². The molecule has 1 heterocycles. The van der Waals surface area contributed by atoms with Gasteiger partial charge in [-0.1, -0.05) is 13.8 Å². The summed E-state index contributed by atoms with van der Waals surface area (Å²) in [5.41, 5.74) is -1.12. The monoisotopic (exact) mass is 252 g/mol. The first-order valence-corrected chi connectivity index (χ1v) is 6.72. The Morgan fingerprint density at radius 2 is 2.11 bits per heavy atom. The van der Waals surface area contributed by atoms with Crippen molar-refractivity contribution >= 4 is 5.91 Å². The minimum atomic E-state index is -0.855. The maximum absolute atomic E-state index is 12.6. The number of nitriles is 1. The Kier molecular flexibility index (Phi) is 4.75. The molecule has 0 aromatic carbocycles. The van der Waals surface area contributed by atoms with E-state index in [1.165, 1.54) is 0 Å². The van der Waals surface area contributed by atoms with Crippen LogP contribution in [0.4, 0.5) is 0 Å². The van der Waals surface area contributed by atoms with Crippen molar-refractivity contribution in [1.29, 1.82) is 5.26 Å². The van der Waals surface area contributed by atoms with Gasteiger partial charge in [0, 0.05) is 20.2 Å². The Morgan fingerprint density at radius 3 is 2.56 bits per heavy atom. The molecule has 1 fully saturated rings. The molecule has 1 unspecified atom stereocenters. The zero-order valence-electron chi connectivity index (χ0n) is 12.0. The standard InChI is InChI=1S/C14H24N2O2/c1-5-14(6-2,10-15)12(17)16-9-7-8-13(3,11-16)18-4/h5-9,11H2,1-4H3. The van der Waals surface area contributed by atoms with Crippen molar-refractivity contribution in [2.45, 2.75) is 52.1 Å². The first-order valence-electron chi connectivity index (χ1n) is 6.72. The largest absolute Gasteiger partial charge is 0.377 e. The third kappa shape index (κ3) is 2.67. The summed E-state index contributed by atoms with van der Waals surface area (Å²) in [6, 6.07) is 2.23. The van der Waals surface area contributed by atoms with Crippen LogP contribution in [0.3, 0.4) is 0 Å². The van der Waals surface area contributed by atoms with Gasteiger partial charge in [0.05, 0.1) is 11.7 Å². The molecule has 0 aromatic heterocycles. The van der Waals surface area contributed by atoms with Crippen LogP contribution in [0.5, 0.6) is 0 Å². The molecule has 0 bridgehead atoms. The van der Waals surface area contributed by atoms with Crippen LogP contribution in [0, 0.1) is 16.7 Å². The molecule has 4 heteroatoms. The van der Waals surface area contributed by atoms with Gasteiger partial charge in [-0.15, -0.1) is 0 Å². The van der Waals surface area contributed by atoms with E-state index in [2.05, 4.69) is 6.07 Å². The summed E-state index contributed by atoms with van der Waals surface area (Å²) in [5.74, 6) is -0.0297. The van der Waals surface area contributed by atoms with Crippen LogP contribution in [0.25, 0.3) is 0 Å². The zero-order chi connectivity index (χ0) is 13.8. The fourth-order valence-corrected chi connectivity index (χ4v) is 2.61. The molecule has 1 amide bonds. The van der Waals surface area contributed by atoms with E-state index in [0.29, 0.717) is 19.4 Å². The highest BCUT2D eigenvalue weighted by atomic mass is 16.5. The van der Waals surface area contributed by atoms with Gasteiger partial charge in [-0.05, 0) is 32.6 Å². The predicted molar refractivity (Wildman–Crippen MR) is 69.9 cm³/mol. The Hall–Kier alpha value is -1.08. The predicted octanol–water partition coefficient (Wildman–Crippen LogP) is 2.34. The summed E-state index contributed by atoms with van der Waals surface area (Å²) in [6.07, 6.45) is 3.04. The molecule has 0 saturated carbocycles. The zero-order valence-corrected chi connectivity index (χ0v) is 12.0. The maximum atomic E-state index is 12.6. The number of carbonyl (C=O) groups is 1. The lowest BCUT2D eigenvalue weighted by Crippen LogP contribution is -2.53. The topological polar surface area (TPSA) is 53.3 Å². The van der Waals surface area contributed by atoms with E-state index < -0.39 is 5.41 Å². The van der Waals surface area contributed by atoms with Crippen molar-refractivity contribution in [2.75, 3.05) is 20.2 Å². The summed E-state index contributed by atoms with van der Waals surface area (Å²) in [7, 11) is 1.69. The number of amides is 1. The van der Waals surface area contributed by atoms with Crippen molar-refractivity contribution in [3.05, 3.63) is 0 Å². The molecule has 4 nitrogen and oxygen atoms in total. The van der Waals surface area contributed by atoms with Gasteiger partial charge in [0.1, 0.15) is 5.41 Å². The van der Waals surface area contributed by atoms with Gasteiger partial charge in [-0.2, -0.15) is 5.26 Å². The van der Waals surface area contributed by atoms with E-state index in [0.717, 1.165) is 19.4 Å². The molecular formula is C14H24N2O2. The summed E-state index contributed by atoms with van der Waals surface area (Å²) in [5, 5.41) is 9.34. The molecule has 1 rings (SSSR count). The summed E-state index contributed by atoms with van der Waals surface area (Å²) < 4.78 is 5.50. The van der Waals surface area contributed by atoms with Crippen molar-refractivity contribution < 1.29 is 9.53 Å². The Bertz CT molecular complexity index is 344. The molecule has 0 N–H and O–H groups in total. The van der Waals surface area contributed by atoms with Crippen LogP contribution < -0.4 is 0 Å². The van der Waals surface area contributed by atoms with Gasteiger partial charge in [0.25, 0.3) is 0 Å². The minimum absolute atomic E-state index is 0.0297. The van der Waals surface area contributed by atoms with Crippen molar-refractivity contribution in [3.8, 4) is 6.07 Å².